The zero-order valence-electron chi connectivity index (χ0n) is 15.9. The molecule has 0 amide bonds. The monoisotopic (exact) mass is 396 g/mol. The summed E-state index contributed by atoms with van der Waals surface area (Å²) in [6.07, 6.45) is 2.33. The van der Waals surface area contributed by atoms with Gasteiger partial charge in [0.25, 0.3) is 0 Å². The van der Waals surface area contributed by atoms with Gasteiger partial charge in [-0.05, 0) is 69.4 Å². The topological polar surface area (TPSA) is 87.0 Å². The molecule has 7 heteroatoms. The maximum atomic E-state index is 12.6. The number of carbonyl (C=O) groups is 2. The Morgan fingerprint density at radius 2 is 1.67 bits per heavy atom. The fourth-order valence-electron chi connectivity index (χ4n) is 3.62. The largest absolute Gasteiger partial charge is 0.454 e. The van der Waals surface area contributed by atoms with Gasteiger partial charge in [-0.1, -0.05) is 36.4 Å². The highest BCUT2D eigenvalue weighted by Crippen LogP contribution is 2.36. The maximum absolute atomic E-state index is 12.6. The third-order valence-corrected chi connectivity index (χ3v) is 5.17. The second kappa shape index (κ2) is 7.36. The molecular weight excluding hydrogens is 380 g/mol. The first-order chi connectivity index (χ1) is 14.7. The number of benzene rings is 3. The molecule has 0 N–H and O–H groups in total. The predicted octanol–water partition coefficient (Wildman–Crippen LogP) is 3.27. The molecule has 0 aliphatic heterocycles. The number of esters is 1. The number of fused-ring (bicyclic) bond motifs is 3. The lowest BCUT2D eigenvalue weighted by Crippen LogP contribution is -2.14. The van der Waals surface area contributed by atoms with Crippen LogP contribution in [0.2, 0.25) is 0 Å². The maximum Gasteiger partial charge on any atom is 0.338 e. The summed E-state index contributed by atoms with van der Waals surface area (Å²) in [5.41, 5.74) is 6.28. The molecule has 1 heterocycles. The molecule has 0 saturated heterocycles. The van der Waals surface area contributed by atoms with Crippen LogP contribution in [0, 0.1) is 0 Å². The standard InChI is InChI=1S/C23H16N4O3/c28-22(18-6-5-17-11-16-3-1-2-4-20(16)21(17)12-18)13-30-23(29)15-7-9-19(10-8-15)27-14-24-25-26-27/h1-10,12,14H,11,13H2. The molecule has 7 nitrogen and oxygen atoms in total. The number of ketones is 1. The average Bonchev–Trinajstić information content (AvgIpc) is 3.45. The molecule has 1 aromatic heterocycles. The van der Waals surface area contributed by atoms with E-state index in [4.69, 9.17) is 4.74 Å². The van der Waals surface area contributed by atoms with Crippen LogP contribution < -0.4 is 0 Å². The first-order valence-corrected chi connectivity index (χ1v) is 9.44. The van der Waals surface area contributed by atoms with E-state index in [1.54, 1.807) is 30.3 Å². The zero-order chi connectivity index (χ0) is 20.5. The van der Waals surface area contributed by atoms with Crippen LogP contribution in [-0.4, -0.2) is 38.6 Å². The first-order valence-electron chi connectivity index (χ1n) is 9.44. The van der Waals surface area contributed by atoms with Gasteiger partial charge in [-0.25, -0.2) is 9.48 Å². The van der Waals surface area contributed by atoms with Crippen molar-refractivity contribution >= 4 is 11.8 Å². The lowest BCUT2D eigenvalue weighted by Gasteiger charge is -2.07. The van der Waals surface area contributed by atoms with Gasteiger partial charge in [0.15, 0.2) is 12.4 Å². The van der Waals surface area contributed by atoms with Crippen molar-refractivity contribution in [1.29, 1.82) is 0 Å². The van der Waals surface area contributed by atoms with Crippen molar-refractivity contribution < 1.29 is 14.3 Å². The van der Waals surface area contributed by atoms with E-state index in [1.807, 2.05) is 24.3 Å². The van der Waals surface area contributed by atoms with Crippen molar-refractivity contribution in [1.82, 2.24) is 20.2 Å². The second-order valence-electron chi connectivity index (χ2n) is 7.01. The summed E-state index contributed by atoms with van der Waals surface area (Å²) in [4.78, 5) is 24.9. The summed E-state index contributed by atoms with van der Waals surface area (Å²) in [6.45, 7) is -0.311. The molecule has 4 aromatic rings. The van der Waals surface area contributed by atoms with Crippen LogP contribution in [0.25, 0.3) is 16.8 Å². The van der Waals surface area contributed by atoms with E-state index in [9.17, 15) is 9.59 Å². The zero-order valence-corrected chi connectivity index (χ0v) is 15.9. The van der Waals surface area contributed by atoms with Crippen LogP contribution in [0.4, 0.5) is 0 Å². The van der Waals surface area contributed by atoms with Gasteiger partial charge in [-0.2, -0.15) is 0 Å². The minimum absolute atomic E-state index is 0.235. The van der Waals surface area contributed by atoms with Gasteiger partial charge >= 0.3 is 5.97 Å². The molecular formula is C23H16N4O3. The number of rotatable bonds is 5. The Hall–Kier alpha value is -4.13. The van der Waals surface area contributed by atoms with Crippen molar-refractivity contribution in [2.45, 2.75) is 6.42 Å². The summed E-state index contributed by atoms with van der Waals surface area (Å²) in [7, 11) is 0. The number of carbonyl (C=O) groups excluding carboxylic acids is 2. The lowest BCUT2D eigenvalue weighted by atomic mass is 10.0. The SMILES string of the molecule is O=C(COC(=O)c1ccc(-n2cnnn2)cc1)c1ccc2c(c1)-c1ccccc1C2. The number of Topliss-reactive ketones (excluding diaryl/α,β-unsaturated/α-hetero) is 1. The molecule has 5 rings (SSSR count). The summed E-state index contributed by atoms with van der Waals surface area (Å²) < 4.78 is 6.70. The molecule has 0 unspecified atom stereocenters. The highest BCUT2D eigenvalue weighted by Gasteiger charge is 2.20. The molecule has 0 spiro atoms. The van der Waals surface area contributed by atoms with Gasteiger partial charge in [0.1, 0.15) is 6.33 Å². The number of hydrogen-bond donors (Lipinski definition) is 0. The highest BCUT2D eigenvalue weighted by atomic mass is 16.5. The van der Waals surface area contributed by atoms with Crippen molar-refractivity contribution in [3.63, 3.8) is 0 Å². The molecule has 30 heavy (non-hydrogen) atoms. The lowest BCUT2D eigenvalue weighted by molar-refractivity contribution is 0.0475. The minimum atomic E-state index is -0.557. The van der Waals surface area contributed by atoms with Gasteiger partial charge < -0.3 is 4.74 Å². The van der Waals surface area contributed by atoms with Gasteiger partial charge in [0.05, 0.1) is 11.3 Å². The van der Waals surface area contributed by atoms with E-state index in [1.165, 1.54) is 22.1 Å². The molecule has 0 saturated carbocycles. The fourth-order valence-corrected chi connectivity index (χ4v) is 3.62. The van der Waals surface area contributed by atoms with Crippen LogP contribution >= 0.6 is 0 Å². The van der Waals surface area contributed by atoms with Crippen LogP contribution in [0.5, 0.6) is 0 Å². The van der Waals surface area contributed by atoms with E-state index in [0.717, 1.165) is 17.5 Å². The number of hydrogen-bond acceptors (Lipinski definition) is 6. The van der Waals surface area contributed by atoms with Crippen LogP contribution in [0.15, 0.2) is 73.1 Å². The molecule has 3 aromatic carbocycles. The number of nitrogens with zero attached hydrogens (tertiary/aromatic N) is 4. The number of aromatic nitrogens is 4. The molecule has 0 atom stereocenters. The van der Waals surface area contributed by atoms with Crippen molar-refractivity contribution in [2.24, 2.45) is 0 Å². The van der Waals surface area contributed by atoms with E-state index in [2.05, 4.69) is 27.7 Å². The number of tetrazole rings is 1. The van der Waals surface area contributed by atoms with Crippen molar-refractivity contribution in [2.75, 3.05) is 6.61 Å². The number of ether oxygens (including phenoxy) is 1. The van der Waals surface area contributed by atoms with Crippen LogP contribution in [0.3, 0.4) is 0 Å². The quantitative estimate of drug-likeness (QED) is 0.335. The fraction of sp³-hybridized carbons (Fsp3) is 0.0870. The Morgan fingerprint density at radius 1 is 0.900 bits per heavy atom. The van der Waals surface area contributed by atoms with Gasteiger partial charge in [-0.3, -0.25) is 4.79 Å². The van der Waals surface area contributed by atoms with Crippen LogP contribution in [0.1, 0.15) is 31.8 Å². The van der Waals surface area contributed by atoms with Gasteiger partial charge in [-0.15, -0.1) is 5.10 Å². The van der Waals surface area contributed by atoms with E-state index in [-0.39, 0.29) is 12.4 Å². The first kappa shape index (κ1) is 17.9. The molecule has 146 valence electrons. The Labute approximate surface area is 171 Å². The Kier molecular flexibility index (Phi) is 4.40. The van der Waals surface area contributed by atoms with Crippen LogP contribution in [-0.2, 0) is 11.2 Å². The Morgan fingerprint density at radius 3 is 2.47 bits per heavy atom. The third-order valence-electron chi connectivity index (χ3n) is 5.17. The molecule has 0 bridgehead atoms. The van der Waals surface area contributed by atoms with Crippen molar-refractivity contribution in [3.8, 4) is 16.8 Å². The Bertz CT molecular complexity index is 1250. The smallest absolute Gasteiger partial charge is 0.338 e. The summed E-state index contributed by atoms with van der Waals surface area (Å²) in [5, 5.41) is 10.9. The van der Waals surface area contributed by atoms with E-state index in [0.29, 0.717) is 16.8 Å². The Balaban J connectivity index is 1.26. The second-order valence-corrected chi connectivity index (χ2v) is 7.01. The molecule has 0 fully saturated rings. The van der Waals surface area contributed by atoms with Gasteiger partial charge in [0.2, 0.25) is 0 Å². The molecule has 1 aliphatic rings. The molecule has 1 aliphatic carbocycles. The third kappa shape index (κ3) is 3.26. The van der Waals surface area contributed by atoms with Crippen molar-refractivity contribution in [3.05, 3.63) is 95.3 Å². The van der Waals surface area contributed by atoms with Gasteiger partial charge in [0, 0.05) is 5.56 Å². The normalized spacial score (nSPS) is 11.6. The van der Waals surface area contributed by atoms with E-state index >= 15 is 0 Å². The summed E-state index contributed by atoms with van der Waals surface area (Å²) in [6, 6.07) is 20.5. The minimum Gasteiger partial charge on any atom is -0.454 e. The summed E-state index contributed by atoms with van der Waals surface area (Å²) >= 11 is 0. The summed E-state index contributed by atoms with van der Waals surface area (Å²) in [5.74, 6) is -0.793. The van der Waals surface area contributed by atoms with E-state index < -0.39 is 5.97 Å². The average molecular weight is 396 g/mol. The molecule has 0 radical (unpaired) electrons. The highest BCUT2D eigenvalue weighted by molar-refractivity contribution is 6.00. The predicted molar refractivity (Wildman–Crippen MR) is 108 cm³/mol.